The molecular weight excluding hydrogens is 316 g/mol. The topological polar surface area (TPSA) is 71.7 Å². The third-order valence-electron chi connectivity index (χ3n) is 4.75. The minimum atomic E-state index is 0.142. The van der Waals surface area contributed by atoms with Gasteiger partial charge in [-0.25, -0.2) is 0 Å². The van der Waals surface area contributed by atoms with Crippen molar-refractivity contribution in [3.63, 3.8) is 0 Å². The molecule has 0 aromatic carbocycles. The van der Waals surface area contributed by atoms with E-state index < -0.39 is 0 Å². The van der Waals surface area contributed by atoms with Crippen molar-refractivity contribution in [3.05, 3.63) is 11.8 Å². The second kappa shape index (κ2) is 6.78. The highest BCUT2D eigenvalue weighted by atomic mass is 32.2. The zero-order chi connectivity index (χ0) is 15.6. The molecule has 7 nitrogen and oxygen atoms in total. The molecule has 1 unspecified atom stereocenters. The fourth-order valence-electron chi connectivity index (χ4n) is 3.31. The van der Waals surface area contributed by atoms with Crippen molar-refractivity contribution >= 4 is 17.7 Å². The SMILES string of the molecule is O=C(C1CN(Cc2nnc(C3CCOC3)o2)C1)N1CCSCC1. The second-order valence-corrected chi connectivity index (χ2v) is 7.65. The molecule has 3 fully saturated rings. The predicted molar refractivity (Wildman–Crippen MR) is 85.1 cm³/mol. The van der Waals surface area contributed by atoms with Crippen molar-refractivity contribution in [2.75, 3.05) is 50.9 Å². The smallest absolute Gasteiger partial charge is 0.230 e. The van der Waals surface area contributed by atoms with E-state index in [-0.39, 0.29) is 11.8 Å². The van der Waals surface area contributed by atoms with Gasteiger partial charge in [0.15, 0.2) is 0 Å². The summed E-state index contributed by atoms with van der Waals surface area (Å²) in [5, 5.41) is 8.27. The number of ether oxygens (including phenoxy) is 1. The molecule has 0 spiro atoms. The summed E-state index contributed by atoms with van der Waals surface area (Å²) in [6, 6.07) is 0. The number of aromatic nitrogens is 2. The highest BCUT2D eigenvalue weighted by Crippen LogP contribution is 2.26. The van der Waals surface area contributed by atoms with Crippen LogP contribution in [0.3, 0.4) is 0 Å². The van der Waals surface area contributed by atoms with Gasteiger partial charge in [0.2, 0.25) is 17.7 Å². The Morgan fingerprint density at radius 1 is 1.26 bits per heavy atom. The van der Waals surface area contributed by atoms with Crippen LogP contribution < -0.4 is 0 Å². The van der Waals surface area contributed by atoms with Crippen molar-refractivity contribution in [3.8, 4) is 0 Å². The normalized spacial score (nSPS) is 26.4. The van der Waals surface area contributed by atoms with Gasteiger partial charge in [-0.15, -0.1) is 10.2 Å². The number of amides is 1. The number of hydrogen-bond donors (Lipinski definition) is 0. The molecule has 4 heterocycles. The van der Waals surface area contributed by atoms with Gasteiger partial charge in [-0.3, -0.25) is 9.69 Å². The highest BCUT2D eigenvalue weighted by molar-refractivity contribution is 7.99. The van der Waals surface area contributed by atoms with E-state index in [2.05, 4.69) is 15.1 Å². The summed E-state index contributed by atoms with van der Waals surface area (Å²) in [7, 11) is 0. The number of carbonyl (C=O) groups is 1. The van der Waals surface area contributed by atoms with Crippen LogP contribution in [0.4, 0.5) is 0 Å². The molecule has 23 heavy (non-hydrogen) atoms. The number of carbonyl (C=O) groups excluding carboxylic acids is 1. The van der Waals surface area contributed by atoms with Crippen LogP contribution in [0.25, 0.3) is 0 Å². The Bertz CT molecular complexity index is 549. The van der Waals surface area contributed by atoms with Crippen molar-refractivity contribution in [1.82, 2.24) is 20.0 Å². The first kappa shape index (κ1) is 15.4. The van der Waals surface area contributed by atoms with E-state index in [9.17, 15) is 4.79 Å². The summed E-state index contributed by atoms with van der Waals surface area (Å²) in [5.74, 6) is 4.18. The van der Waals surface area contributed by atoms with Gasteiger partial charge in [0, 0.05) is 44.3 Å². The quantitative estimate of drug-likeness (QED) is 0.795. The lowest BCUT2D eigenvalue weighted by Gasteiger charge is -2.40. The summed E-state index contributed by atoms with van der Waals surface area (Å²) in [5.41, 5.74) is 0. The highest BCUT2D eigenvalue weighted by Gasteiger charge is 2.36. The van der Waals surface area contributed by atoms with Gasteiger partial charge < -0.3 is 14.1 Å². The van der Waals surface area contributed by atoms with E-state index >= 15 is 0 Å². The van der Waals surface area contributed by atoms with Crippen LogP contribution in [0.2, 0.25) is 0 Å². The van der Waals surface area contributed by atoms with Gasteiger partial charge in [-0.2, -0.15) is 11.8 Å². The lowest BCUT2D eigenvalue weighted by Crippen LogP contribution is -2.55. The van der Waals surface area contributed by atoms with Gasteiger partial charge in [0.1, 0.15) is 0 Å². The second-order valence-electron chi connectivity index (χ2n) is 6.42. The molecule has 8 heteroatoms. The van der Waals surface area contributed by atoms with Gasteiger partial charge >= 0.3 is 0 Å². The van der Waals surface area contributed by atoms with Crippen LogP contribution in [0.15, 0.2) is 4.42 Å². The molecule has 0 aliphatic carbocycles. The van der Waals surface area contributed by atoms with Crippen molar-refractivity contribution in [2.24, 2.45) is 5.92 Å². The Morgan fingerprint density at radius 3 is 2.83 bits per heavy atom. The van der Waals surface area contributed by atoms with Gasteiger partial charge in [-0.05, 0) is 6.42 Å². The predicted octanol–water partition coefficient (Wildman–Crippen LogP) is 0.581. The van der Waals surface area contributed by atoms with Gasteiger partial charge in [0.05, 0.1) is 25.0 Å². The molecule has 1 aromatic heterocycles. The van der Waals surface area contributed by atoms with Crippen molar-refractivity contribution < 1.29 is 13.9 Å². The first-order valence-electron chi connectivity index (χ1n) is 8.28. The molecule has 3 aliphatic heterocycles. The van der Waals surface area contributed by atoms with E-state index in [4.69, 9.17) is 9.15 Å². The number of hydrogen-bond acceptors (Lipinski definition) is 7. The van der Waals surface area contributed by atoms with Crippen LogP contribution in [0.1, 0.15) is 24.1 Å². The Hall–Kier alpha value is -1.12. The van der Waals surface area contributed by atoms with Crippen molar-refractivity contribution in [1.29, 1.82) is 0 Å². The Kier molecular flexibility index (Phi) is 4.54. The van der Waals surface area contributed by atoms with E-state index in [1.165, 1.54) is 0 Å². The standard InChI is InChI=1S/C15H22N4O3S/c20-15(19-2-5-23-6-3-19)12-7-18(8-12)9-13-16-17-14(22-13)11-1-4-21-10-11/h11-12H,1-10H2. The number of nitrogens with zero attached hydrogens (tertiary/aromatic N) is 4. The van der Waals surface area contributed by atoms with Crippen molar-refractivity contribution in [2.45, 2.75) is 18.9 Å². The average molecular weight is 338 g/mol. The zero-order valence-electron chi connectivity index (χ0n) is 13.1. The van der Waals surface area contributed by atoms with Crippen LogP contribution in [0, 0.1) is 5.92 Å². The minimum Gasteiger partial charge on any atom is -0.423 e. The van der Waals surface area contributed by atoms with Crippen LogP contribution in [-0.4, -0.2) is 76.8 Å². The maximum absolute atomic E-state index is 12.4. The Labute approximate surface area is 139 Å². The van der Waals surface area contributed by atoms with E-state index in [0.29, 0.717) is 30.8 Å². The molecular formula is C15H22N4O3S. The lowest BCUT2D eigenvalue weighted by atomic mass is 9.98. The number of thioether (sulfide) groups is 1. The summed E-state index contributed by atoms with van der Waals surface area (Å²) in [6.07, 6.45) is 0.954. The third kappa shape index (κ3) is 3.39. The molecule has 1 atom stereocenters. The van der Waals surface area contributed by atoms with E-state index in [1.807, 2.05) is 16.7 Å². The molecule has 0 radical (unpaired) electrons. The first-order valence-corrected chi connectivity index (χ1v) is 9.44. The molecule has 0 saturated carbocycles. The molecule has 1 aromatic rings. The fraction of sp³-hybridized carbons (Fsp3) is 0.800. The first-order chi connectivity index (χ1) is 11.3. The molecule has 0 bridgehead atoms. The number of likely N-dealkylation sites (tertiary alicyclic amines) is 1. The van der Waals surface area contributed by atoms with E-state index in [0.717, 1.165) is 50.7 Å². The minimum absolute atomic E-state index is 0.142. The molecule has 0 N–H and O–H groups in total. The Morgan fingerprint density at radius 2 is 2.09 bits per heavy atom. The summed E-state index contributed by atoms with van der Waals surface area (Å²) < 4.78 is 11.1. The Balaban J connectivity index is 1.25. The molecule has 3 aliphatic rings. The summed E-state index contributed by atoms with van der Waals surface area (Å²) >= 11 is 1.93. The monoisotopic (exact) mass is 338 g/mol. The molecule has 126 valence electrons. The van der Waals surface area contributed by atoms with Crippen LogP contribution in [-0.2, 0) is 16.1 Å². The fourth-order valence-corrected chi connectivity index (χ4v) is 4.22. The maximum Gasteiger partial charge on any atom is 0.230 e. The summed E-state index contributed by atoms with van der Waals surface area (Å²) in [6.45, 7) is 5.48. The molecule has 1 amide bonds. The molecule has 3 saturated heterocycles. The third-order valence-corrected chi connectivity index (χ3v) is 5.69. The maximum atomic E-state index is 12.4. The van der Waals surface area contributed by atoms with Crippen LogP contribution in [0.5, 0.6) is 0 Å². The van der Waals surface area contributed by atoms with Gasteiger partial charge in [-0.1, -0.05) is 0 Å². The summed E-state index contributed by atoms with van der Waals surface area (Å²) in [4.78, 5) is 16.6. The number of rotatable bonds is 4. The largest absolute Gasteiger partial charge is 0.423 e. The molecule has 4 rings (SSSR count). The lowest BCUT2D eigenvalue weighted by molar-refractivity contribution is -0.141. The van der Waals surface area contributed by atoms with Gasteiger partial charge in [0.25, 0.3) is 0 Å². The zero-order valence-corrected chi connectivity index (χ0v) is 14.0. The average Bonchev–Trinajstić information content (AvgIpc) is 3.22. The van der Waals surface area contributed by atoms with E-state index in [1.54, 1.807) is 0 Å². The van der Waals surface area contributed by atoms with Crippen LogP contribution >= 0.6 is 11.8 Å².